The summed E-state index contributed by atoms with van der Waals surface area (Å²) in [6.07, 6.45) is 5.17. The van der Waals surface area contributed by atoms with E-state index in [4.69, 9.17) is 10.9 Å². The molecule has 1 atom stereocenters. The average molecular weight is 306 g/mol. The molecular weight excluding hydrogens is 280 g/mol. The van der Waals surface area contributed by atoms with Gasteiger partial charge in [0.2, 0.25) is 5.91 Å². The van der Waals surface area contributed by atoms with Crippen molar-refractivity contribution in [2.24, 2.45) is 16.8 Å². The zero-order valence-electron chi connectivity index (χ0n) is 11.9. The number of unbranched alkanes of at least 4 members (excludes halogenated alkanes) is 2. The Hall–Kier alpha value is -0.700. The molecule has 1 saturated heterocycles. The number of rotatable bonds is 8. The Morgan fingerprint density at radius 1 is 1.30 bits per heavy atom. The summed E-state index contributed by atoms with van der Waals surface area (Å²) >= 11 is 0. The van der Waals surface area contributed by atoms with Crippen molar-refractivity contribution < 1.29 is 13.2 Å². The summed E-state index contributed by atoms with van der Waals surface area (Å²) in [6, 6.07) is 0. The predicted molar refractivity (Wildman–Crippen MR) is 77.9 cm³/mol. The van der Waals surface area contributed by atoms with Gasteiger partial charge in [-0.1, -0.05) is 6.42 Å². The molecule has 7 nitrogen and oxygen atoms in total. The molecule has 0 spiro atoms. The second kappa shape index (κ2) is 8.56. The molecular formula is C12H26N4O3S. The highest BCUT2D eigenvalue weighted by Crippen LogP contribution is 2.17. The van der Waals surface area contributed by atoms with E-state index >= 15 is 0 Å². The summed E-state index contributed by atoms with van der Waals surface area (Å²) in [6.45, 7) is 2.34. The van der Waals surface area contributed by atoms with Gasteiger partial charge in [-0.25, -0.2) is 9.86 Å². The predicted octanol–water partition coefficient (Wildman–Crippen LogP) is -0.463. The Kier molecular flexibility index (Phi) is 7.42. The number of carbonyl (C=O) groups excluding carboxylic acids is 1. The minimum Gasteiger partial charge on any atom is -0.342 e. The first kappa shape index (κ1) is 17.4. The Morgan fingerprint density at radius 2 is 2.05 bits per heavy atom. The molecule has 0 aliphatic carbocycles. The third-order valence-electron chi connectivity index (χ3n) is 3.54. The molecule has 1 rings (SSSR count). The molecule has 1 amide bonds. The number of amides is 1. The fourth-order valence-corrected chi connectivity index (χ4v) is 2.92. The summed E-state index contributed by atoms with van der Waals surface area (Å²) in [5, 5.41) is 4.91. The number of nitrogens with one attached hydrogen (secondary N) is 1. The van der Waals surface area contributed by atoms with Crippen molar-refractivity contribution in [3.05, 3.63) is 0 Å². The number of nitrogens with zero attached hydrogens (tertiary/aromatic N) is 1. The third-order valence-corrected chi connectivity index (χ3v) is 4.11. The Labute approximate surface area is 121 Å². The Bertz CT molecular complexity index is 400. The van der Waals surface area contributed by atoms with Gasteiger partial charge >= 0.3 is 0 Å². The van der Waals surface area contributed by atoms with Crippen LogP contribution in [0.2, 0.25) is 0 Å². The third kappa shape index (κ3) is 7.18. The van der Waals surface area contributed by atoms with Crippen LogP contribution in [0, 0.1) is 5.92 Å². The number of nitrogens with two attached hydrogens (primary N) is 2. The largest absolute Gasteiger partial charge is 0.342 e. The quantitative estimate of drug-likeness (QED) is 0.526. The molecule has 1 aliphatic heterocycles. The number of hydrogen-bond acceptors (Lipinski definition) is 4. The average Bonchev–Trinajstić information content (AvgIpc) is 2.41. The van der Waals surface area contributed by atoms with Gasteiger partial charge in [-0.15, -0.1) is 0 Å². The first-order chi connectivity index (χ1) is 9.42. The van der Waals surface area contributed by atoms with Crippen molar-refractivity contribution in [1.82, 2.24) is 9.62 Å². The second-order valence-electron chi connectivity index (χ2n) is 5.34. The Morgan fingerprint density at radius 3 is 2.70 bits per heavy atom. The fraction of sp³-hybridized carbons (Fsp3) is 0.917. The zero-order valence-corrected chi connectivity index (χ0v) is 12.7. The van der Waals surface area contributed by atoms with Crippen molar-refractivity contribution in [3.63, 3.8) is 0 Å². The van der Waals surface area contributed by atoms with E-state index in [-0.39, 0.29) is 11.8 Å². The van der Waals surface area contributed by atoms with Crippen LogP contribution in [0.15, 0.2) is 0 Å². The van der Waals surface area contributed by atoms with Crippen LogP contribution in [-0.4, -0.2) is 45.4 Å². The molecule has 1 fully saturated rings. The molecule has 0 aromatic heterocycles. The number of piperidine rings is 1. The van der Waals surface area contributed by atoms with Crippen LogP contribution in [-0.2, 0) is 15.0 Å². The number of carbonyl (C=O) groups is 1. The second-order valence-corrected chi connectivity index (χ2v) is 6.72. The van der Waals surface area contributed by atoms with Gasteiger partial charge < -0.3 is 10.6 Å². The minimum atomic E-state index is -3.65. The zero-order chi connectivity index (χ0) is 15.0. The summed E-state index contributed by atoms with van der Waals surface area (Å²) in [7, 11) is -3.65. The molecule has 20 heavy (non-hydrogen) atoms. The van der Waals surface area contributed by atoms with Crippen LogP contribution in [0.4, 0.5) is 0 Å². The number of hydrogen-bond donors (Lipinski definition) is 3. The van der Waals surface area contributed by atoms with E-state index in [2.05, 4.69) is 4.72 Å². The van der Waals surface area contributed by atoms with E-state index in [1.54, 1.807) is 0 Å². The summed E-state index contributed by atoms with van der Waals surface area (Å²) in [5.41, 5.74) is 5.41. The smallest absolute Gasteiger partial charge is 0.274 e. The van der Waals surface area contributed by atoms with Gasteiger partial charge in [-0.3, -0.25) is 4.79 Å². The fourth-order valence-electron chi connectivity index (χ4n) is 2.45. The lowest BCUT2D eigenvalue weighted by molar-refractivity contribution is -0.133. The molecule has 5 N–H and O–H groups in total. The van der Waals surface area contributed by atoms with Gasteiger partial charge in [-0.2, -0.15) is 8.42 Å². The molecule has 118 valence electrons. The van der Waals surface area contributed by atoms with Crippen molar-refractivity contribution in [1.29, 1.82) is 0 Å². The molecule has 1 aliphatic rings. The molecule has 8 heteroatoms. The van der Waals surface area contributed by atoms with E-state index in [0.29, 0.717) is 26.1 Å². The van der Waals surface area contributed by atoms with Crippen molar-refractivity contribution in [2.45, 2.75) is 38.5 Å². The van der Waals surface area contributed by atoms with Gasteiger partial charge in [0.05, 0.1) is 0 Å². The molecule has 0 aromatic carbocycles. The van der Waals surface area contributed by atoms with Gasteiger partial charge in [0.1, 0.15) is 0 Å². The van der Waals surface area contributed by atoms with Crippen molar-refractivity contribution in [3.8, 4) is 0 Å². The van der Waals surface area contributed by atoms with Crippen molar-refractivity contribution in [2.75, 3.05) is 26.2 Å². The lowest BCUT2D eigenvalue weighted by atomic mass is 9.98. The molecule has 0 aromatic rings. The molecule has 1 unspecified atom stereocenters. The maximum absolute atomic E-state index is 12.0. The highest BCUT2D eigenvalue weighted by Gasteiger charge is 2.23. The lowest BCUT2D eigenvalue weighted by Gasteiger charge is -2.32. The molecule has 0 bridgehead atoms. The highest BCUT2D eigenvalue weighted by atomic mass is 32.2. The first-order valence-electron chi connectivity index (χ1n) is 7.17. The number of likely N-dealkylation sites (tertiary alicyclic amines) is 1. The maximum Gasteiger partial charge on any atom is 0.274 e. The minimum absolute atomic E-state index is 0.148. The topological polar surface area (TPSA) is 119 Å². The van der Waals surface area contributed by atoms with Gasteiger partial charge in [-0.05, 0) is 38.1 Å². The maximum atomic E-state index is 12.0. The van der Waals surface area contributed by atoms with E-state index in [9.17, 15) is 13.2 Å². The van der Waals surface area contributed by atoms with Crippen LogP contribution in [0.1, 0.15) is 38.5 Å². The Balaban J connectivity index is 2.30. The molecule has 1 heterocycles. The van der Waals surface area contributed by atoms with Crippen LogP contribution < -0.4 is 15.6 Å². The van der Waals surface area contributed by atoms with Gasteiger partial charge in [0.15, 0.2) is 0 Å². The summed E-state index contributed by atoms with van der Waals surface area (Å²) < 4.78 is 24.0. The van der Waals surface area contributed by atoms with Crippen molar-refractivity contribution >= 4 is 16.1 Å². The molecule has 0 saturated carbocycles. The van der Waals surface area contributed by atoms with Crippen LogP contribution >= 0.6 is 0 Å². The van der Waals surface area contributed by atoms with E-state index in [1.807, 2.05) is 4.90 Å². The van der Waals surface area contributed by atoms with Crippen LogP contribution in [0.3, 0.4) is 0 Å². The summed E-state index contributed by atoms with van der Waals surface area (Å²) in [5.74, 6) is 0.303. The van der Waals surface area contributed by atoms with E-state index < -0.39 is 10.2 Å². The van der Waals surface area contributed by atoms with E-state index in [1.165, 1.54) is 0 Å². The summed E-state index contributed by atoms with van der Waals surface area (Å²) in [4.78, 5) is 13.9. The standard InChI is InChI=1S/C12H26N4O3S/c13-7-3-1-2-6-12(17)16-8-4-5-11(10-16)9-15-20(14,18)19/h11,15H,1-10,13H2,(H2,14,18,19). The first-order valence-corrected chi connectivity index (χ1v) is 8.72. The highest BCUT2D eigenvalue weighted by molar-refractivity contribution is 7.87. The monoisotopic (exact) mass is 306 g/mol. The lowest BCUT2D eigenvalue weighted by Crippen LogP contribution is -2.44. The van der Waals surface area contributed by atoms with Gasteiger partial charge in [0.25, 0.3) is 10.2 Å². The molecule has 0 radical (unpaired) electrons. The SMILES string of the molecule is NCCCCCC(=O)N1CCCC(CNS(N)(=O)=O)C1. The van der Waals surface area contributed by atoms with Gasteiger partial charge in [0, 0.05) is 26.1 Å². The normalized spacial score (nSPS) is 20.1. The van der Waals surface area contributed by atoms with Crippen LogP contribution in [0.25, 0.3) is 0 Å². The van der Waals surface area contributed by atoms with E-state index in [0.717, 1.165) is 38.6 Å². The van der Waals surface area contributed by atoms with Crippen LogP contribution in [0.5, 0.6) is 0 Å².